The van der Waals surface area contributed by atoms with Gasteiger partial charge in [-0.25, -0.2) is 5.48 Å². The number of hydroxylamine groups is 1. The van der Waals surface area contributed by atoms with Crippen molar-refractivity contribution in [1.82, 2.24) is 5.48 Å². The second-order valence-electron chi connectivity index (χ2n) is 5.18. The van der Waals surface area contributed by atoms with E-state index in [0.29, 0.717) is 13.2 Å². The molecule has 1 rings (SSSR count). The molecule has 5 heteroatoms. The highest BCUT2D eigenvalue weighted by Gasteiger charge is 2.44. The molecule has 3 N–H and O–H groups in total. The Hall–Kier alpha value is -0.650. The summed E-state index contributed by atoms with van der Waals surface area (Å²) in [7, 11) is 0. The zero-order chi connectivity index (χ0) is 11.7. The Morgan fingerprint density at radius 2 is 2.20 bits per heavy atom. The number of nitrogens with one attached hydrogen (secondary N) is 1. The van der Waals surface area contributed by atoms with Crippen LogP contribution in [0.1, 0.15) is 27.7 Å². The van der Waals surface area contributed by atoms with Crippen LogP contribution in [0.25, 0.3) is 0 Å². The molecule has 0 spiro atoms. The minimum Gasteiger partial charge on any atom is -0.379 e. The molecule has 1 amide bonds. The van der Waals surface area contributed by atoms with Gasteiger partial charge >= 0.3 is 0 Å². The fourth-order valence-electron chi connectivity index (χ4n) is 1.24. The molecule has 88 valence electrons. The first-order chi connectivity index (χ1) is 6.76. The van der Waals surface area contributed by atoms with Gasteiger partial charge in [0.2, 0.25) is 0 Å². The maximum atomic E-state index is 11.8. The van der Waals surface area contributed by atoms with Crippen LogP contribution in [0.2, 0.25) is 0 Å². The van der Waals surface area contributed by atoms with Crippen molar-refractivity contribution in [2.24, 2.45) is 11.1 Å². The molecule has 1 aliphatic heterocycles. The van der Waals surface area contributed by atoms with Gasteiger partial charge in [0.1, 0.15) is 0 Å². The topological polar surface area (TPSA) is 73.6 Å². The second kappa shape index (κ2) is 4.08. The Bertz CT molecular complexity index is 250. The maximum Gasteiger partial charge on any atom is 0.253 e. The molecule has 0 aliphatic carbocycles. The van der Waals surface area contributed by atoms with Gasteiger partial charge in [-0.15, -0.1) is 0 Å². The minimum absolute atomic E-state index is 0.220. The van der Waals surface area contributed by atoms with Gasteiger partial charge in [0.25, 0.3) is 5.91 Å². The van der Waals surface area contributed by atoms with Gasteiger partial charge < -0.3 is 10.5 Å². The first-order valence-electron chi connectivity index (χ1n) is 5.07. The lowest BCUT2D eigenvalue weighted by Crippen LogP contribution is -2.51. The largest absolute Gasteiger partial charge is 0.379 e. The average Bonchev–Trinajstić information content (AvgIpc) is 2.43. The zero-order valence-corrected chi connectivity index (χ0v) is 9.79. The lowest BCUT2D eigenvalue weighted by molar-refractivity contribution is -0.155. The number of ether oxygens (including phenoxy) is 1. The van der Waals surface area contributed by atoms with E-state index < -0.39 is 11.0 Å². The number of carbonyl (C=O) groups is 1. The number of carbonyl (C=O) groups excluding carboxylic acids is 1. The van der Waals surface area contributed by atoms with E-state index in [4.69, 9.17) is 15.3 Å². The molecule has 0 aromatic carbocycles. The van der Waals surface area contributed by atoms with Crippen molar-refractivity contribution >= 4 is 5.91 Å². The van der Waals surface area contributed by atoms with Gasteiger partial charge in [-0.1, -0.05) is 0 Å². The normalized spacial score (nSPS) is 31.7. The van der Waals surface area contributed by atoms with E-state index >= 15 is 0 Å². The van der Waals surface area contributed by atoms with Crippen molar-refractivity contribution in [3.05, 3.63) is 0 Å². The molecule has 0 saturated carbocycles. The van der Waals surface area contributed by atoms with E-state index in [1.165, 1.54) is 0 Å². The molecular weight excluding hydrogens is 196 g/mol. The second-order valence-corrected chi connectivity index (χ2v) is 5.18. The molecule has 1 fully saturated rings. The first-order valence-corrected chi connectivity index (χ1v) is 5.07. The zero-order valence-electron chi connectivity index (χ0n) is 9.79. The van der Waals surface area contributed by atoms with Gasteiger partial charge in [0, 0.05) is 6.04 Å². The van der Waals surface area contributed by atoms with E-state index in [9.17, 15) is 4.79 Å². The highest BCUT2D eigenvalue weighted by molar-refractivity contribution is 5.82. The Morgan fingerprint density at radius 1 is 1.60 bits per heavy atom. The Morgan fingerprint density at radius 3 is 2.60 bits per heavy atom. The highest BCUT2D eigenvalue weighted by atomic mass is 16.7. The molecule has 1 saturated heterocycles. The van der Waals surface area contributed by atoms with Crippen molar-refractivity contribution in [2.75, 3.05) is 13.2 Å². The molecule has 5 nitrogen and oxygen atoms in total. The van der Waals surface area contributed by atoms with E-state index in [-0.39, 0.29) is 11.9 Å². The standard InChI is InChI=1S/C10H20N2O3/c1-9(2,3)15-12-8(13)10(4)6-14-5-7(10)11/h7H,5-6,11H2,1-4H3,(H,12,13). The average molecular weight is 216 g/mol. The van der Waals surface area contributed by atoms with Crippen LogP contribution in [-0.4, -0.2) is 30.8 Å². The van der Waals surface area contributed by atoms with Crippen molar-refractivity contribution in [3.63, 3.8) is 0 Å². The van der Waals surface area contributed by atoms with Crippen LogP contribution in [-0.2, 0) is 14.4 Å². The number of amides is 1. The molecule has 0 aromatic rings. The van der Waals surface area contributed by atoms with E-state index in [0.717, 1.165) is 0 Å². The molecule has 2 unspecified atom stereocenters. The van der Waals surface area contributed by atoms with E-state index in [2.05, 4.69) is 5.48 Å². The first kappa shape index (κ1) is 12.4. The summed E-state index contributed by atoms with van der Waals surface area (Å²) < 4.78 is 5.18. The van der Waals surface area contributed by atoms with Crippen molar-refractivity contribution in [2.45, 2.75) is 39.3 Å². The van der Waals surface area contributed by atoms with Crippen molar-refractivity contribution in [3.8, 4) is 0 Å². The molecule has 0 radical (unpaired) electrons. The molecule has 1 aliphatic rings. The summed E-state index contributed by atoms with van der Waals surface area (Å²) in [4.78, 5) is 17.0. The summed E-state index contributed by atoms with van der Waals surface area (Å²) >= 11 is 0. The monoisotopic (exact) mass is 216 g/mol. The predicted octanol–water partition coefficient (Wildman–Crippen LogP) is 0.197. The number of rotatable bonds is 2. The molecule has 15 heavy (non-hydrogen) atoms. The Kier molecular flexibility index (Phi) is 3.38. The third kappa shape index (κ3) is 2.90. The third-order valence-corrected chi connectivity index (χ3v) is 2.49. The fraction of sp³-hybridized carbons (Fsp3) is 0.900. The fourth-order valence-corrected chi connectivity index (χ4v) is 1.24. The summed E-state index contributed by atoms with van der Waals surface area (Å²) in [5, 5.41) is 0. The summed E-state index contributed by atoms with van der Waals surface area (Å²) in [5.74, 6) is -0.220. The molecule has 2 atom stereocenters. The summed E-state index contributed by atoms with van der Waals surface area (Å²) in [6, 6.07) is -0.277. The number of hydrogen-bond acceptors (Lipinski definition) is 4. The SMILES string of the molecule is CC(C)(C)ONC(=O)C1(C)COCC1N. The molecular formula is C10H20N2O3. The van der Waals surface area contributed by atoms with Crippen LogP contribution in [0, 0.1) is 5.41 Å². The molecule has 1 heterocycles. The van der Waals surface area contributed by atoms with E-state index in [1.807, 2.05) is 20.8 Å². The Balaban J connectivity index is 2.53. The molecule has 0 aromatic heterocycles. The predicted molar refractivity (Wildman–Crippen MR) is 55.9 cm³/mol. The van der Waals surface area contributed by atoms with Crippen molar-refractivity contribution in [1.29, 1.82) is 0 Å². The summed E-state index contributed by atoms with van der Waals surface area (Å²) in [6.07, 6.45) is 0. The van der Waals surface area contributed by atoms with Gasteiger partial charge in [0.05, 0.1) is 24.2 Å². The lowest BCUT2D eigenvalue weighted by Gasteiger charge is -2.27. The van der Waals surface area contributed by atoms with Crippen LogP contribution in [0.3, 0.4) is 0 Å². The smallest absolute Gasteiger partial charge is 0.253 e. The van der Waals surface area contributed by atoms with Crippen LogP contribution in [0.5, 0.6) is 0 Å². The van der Waals surface area contributed by atoms with Gasteiger partial charge in [-0.05, 0) is 27.7 Å². The van der Waals surface area contributed by atoms with Crippen LogP contribution in [0.4, 0.5) is 0 Å². The summed E-state index contributed by atoms with van der Waals surface area (Å²) in [6.45, 7) is 8.13. The van der Waals surface area contributed by atoms with Gasteiger partial charge in [-0.2, -0.15) is 0 Å². The van der Waals surface area contributed by atoms with Crippen LogP contribution >= 0.6 is 0 Å². The van der Waals surface area contributed by atoms with Gasteiger partial charge in [-0.3, -0.25) is 9.63 Å². The van der Waals surface area contributed by atoms with Crippen LogP contribution < -0.4 is 11.2 Å². The maximum absolute atomic E-state index is 11.8. The Labute approximate surface area is 90.3 Å². The quantitative estimate of drug-likeness (QED) is 0.646. The van der Waals surface area contributed by atoms with Gasteiger partial charge in [0.15, 0.2) is 0 Å². The number of hydrogen-bond donors (Lipinski definition) is 2. The minimum atomic E-state index is -0.689. The number of nitrogens with two attached hydrogens (primary N) is 1. The summed E-state index contributed by atoms with van der Waals surface area (Å²) in [5.41, 5.74) is 7.15. The van der Waals surface area contributed by atoms with Crippen molar-refractivity contribution < 1.29 is 14.4 Å². The van der Waals surface area contributed by atoms with Crippen LogP contribution in [0.15, 0.2) is 0 Å². The molecule has 0 bridgehead atoms. The highest BCUT2D eigenvalue weighted by Crippen LogP contribution is 2.27. The third-order valence-electron chi connectivity index (χ3n) is 2.49. The lowest BCUT2D eigenvalue weighted by atomic mass is 9.85. The van der Waals surface area contributed by atoms with E-state index in [1.54, 1.807) is 6.92 Å².